The number of hydrogen-bond donors (Lipinski definition) is 1. The highest BCUT2D eigenvalue weighted by Crippen LogP contribution is 2.36. The molecule has 0 saturated carbocycles. The summed E-state index contributed by atoms with van der Waals surface area (Å²) in [4.78, 5) is 38.7. The van der Waals surface area contributed by atoms with Crippen molar-refractivity contribution in [1.82, 2.24) is 14.8 Å². The summed E-state index contributed by atoms with van der Waals surface area (Å²) in [7, 11) is 2.50. The van der Waals surface area contributed by atoms with Gasteiger partial charge in [0.25, 0.3) is 0 Å². The lowest BCUT2D eigenvalue weighted by Gasteiger charge is -2.14. The summed E-state index contributed by atoms with van der Waals surface area (Å²) in [6.07, 6.45) is 0.900. The van der Waals surface area contributed by atoms with Crippen molar-refractivity contribution in [2.24, 2.45) is 0 Å². The van der Waals surface area contributed by atoms with Crippen molar-refractivity contribution in [3.8, 4) is 11.4 Å². The van der Waals surface area contributed by atoms with E-state index in [-0.39, 0.29) is 33.1 Å². The first-order valence-electron chi connectivity index (χ1n) is 10.9. The molecule has 0 fully saturated rings. The van der Waals surface area contributed by atoms with Gasteiger partial charge in [0.15, 0.2) is 11.0 Å². The van der Waals surface area contributed by atoms with Gasteiger partial charge in [-0.15, -0.1) is 32.9 Å². The van der Waals surface area contributed by atoms with E-state index in [2.05, 4.69) is 34.7 Å². The Morgan fingerprint density at radius 1 is 1.14 bits per heavy atom. The molecule has 9 nitrogen and oxygen atoms in total. The fourth-order valence-electron chi connectivity index (χ4n) is 3.66. The first-order valence-corrected chi connectivity index (χ1v) is 13.6. The van der Waals surface area contributed by atoms with Crippen molar-refractivity contribution < 1.29 is 23.9 Å². The number of nitrogens with one attached hydrogen (secondary N) is 1. The van der Waals surface area contributed by atoms with E-state index in [9.17, 15) is 14.4 Å². The number of nitrogens with zero attached hydrogens (tertiary/aromatic N) is 3. The van der Waals surface area contributed by atoms with E-state index in [0.717, 1.165) is 29.1 Å². The minimum atomic E-state index is -0.640. The molecule has 35 heavy (non-hydrogen) atoms. The first-order chi connectivity index (χ1) is 16.6. The number of carbonyl (C=O) groups excluding carboxylic acids is 3. The molecule has 0 bridgehead atoms. The summed E-state index contributed by atoms with van der Waals surface area (Å²) < 4.78 is 11.7. The van der Waals surface area contributed by atoms with Gasteiger partial charge in [-0.2, -0.15) is 0 Å². The molecule has 3 aromatic heterocycles. The van der Waals surface area contributed by atoms with Crippen molar-refractivity contribution in [3.05, 3.63) is 31.8 Å². The smallest absolute Gasteiger partial charge is 0.348 e. The molecule has 0 aliphatic rings. The Morgan fingerprint density at radius 3 is 2.43 bits per heavy atom. The SMILES string of the molecule is CCc1c(-c2nnc(SCC(=O)Nc3sc(C(=O)OC)c(C)c3C(=O)OC)n2C(C)C)csc1C. The van der Waals surface area contributed by atoms with Gasteiger partial charge in [0.05, 0.1) is 25.5 Å². The number of thioether (sulfide) groups is 1. The molecule has 0 spiro atoms. The Hall–Kier alpha value is -2.70. The Morgan fingerprint density at radius 2 is 1.83 bits per heavy atom. The van der Waals surface area contributed by atoms with Gasteiger partial charge in [0.1, 0.15) is 9.88 Å². The molecule has 0 atom stereocenters. The maximum Gasteiger partial charge on any atom is 0.348 e. The highest BCUT2D eigenvalue weighted by atomic mass is 32.2. The standard InChI is InChI=1S/C23H28N4O5S3/c1-8-14-13(5)33-9-15(14)19-25-26-23(27(19)11(2)3)34-10-16(28)24-20-17(21(29)31-6)12(4)18(35-20)22(30)32-7/h9,11H,8,10H2,1-7H3,(H,24,28). The summed E-state index contributed by atoms with van der Waals surface area (Å²) in [5, 5.41) is 14.5. The zero-order valence-corrected chi connectivity index (χ0v) is 23.1. The fourth-order valence-corrected chi connectivity index (χ4v) is 6.60. The molecule has 3 rings (SSSR count). The molecule has 3 heterocycles. The molecule has 12 heteroatoms. The normalized spacial score (nSPS) is 11.1. The maximum atomic E-state index is 12.8. The second-order valence-electron chi connectivity index (χ2n) is 7.89. The van der Waals surface area contributed by atoms with Crippen LogP contribution in [0.1, 0.15) is 62.8 Å². The van der Waals surface area contributed by atoms with Gasteiger partial charge >= 0.3 is 11.9 Å². The number of carbonyl (C=O) groups is 3. The second kappa shape index (κ2) is 11.4. The van der Waals surface area contributed by atoms with Gasteiger partial charge in [-0.25, -0.2) is 9.59 Å². The largest absolute Gasteiger partial charge is 0.465 e. The number of thiophene rings is 2. The molecule has 0 aromatic carbocycles. The number of ether oxygens (including phenoxy) is 2. The zero-order valence-electron chi connectivity index (χ0n) is 20.7. The lowest BCUT2D eigenvalue weighted by Crippen LogP contribution is -2.16. The number of aromatic nitrogens is 3. The van der Waals surface area contributed by atoms with E-state index in [4.69, 9.17) is 9.47 Å². The average Bonchev–Trinajstić information content (AvgIpc) is 3.51. The van der Waals surface area contributed by atoms with E-state index in [1.807, 2.05) is 18.4 Å². The maximum absolute atomic E-state index is 12.8. The van der Waals surface area contributed by atoms with Crippen LogP contribution >= 0.6 is 34.4 Å². The van der Waals surface area contributed by atoms with E-state index in [0.29, 0.717) is 10.7 Å². The number of rotatable bonds is 9. The highest BCUT2D eigenvalue weighted by molar-refractivity contribution is 7.99. The molecular weight excluding hydrogens is 508 g/mol. The number of esters is 2. The van der Waals surface area contributed by atoms with E-state index in [1.165, 1.54) is 36.4 Å². The van der Waals surface area contributed by atoms with E-state index < -0.39 is 11.9 Å². The third kappa shape index (κ3) is 5.44. The van der Waals surface area contributed by atoms with E-state index >= 15 is 0 Å². The number of amides is 1. The summed E-state index contributed by atoms with van der Waals surface area (Å²) in [6, 6.07) is 0.0870. The summed E-state index contributed by atoms with van der Waals surface area (Å²) >= 11 is 3.93. The van der Waals surface area contributed by atoms with Gasteiger partial charge in [0, 0.05) is 21.9 Å². The van der Waals surface area contributed by atoms with Crippen LogP contribution in [-0.4, -0.2) is 52.6 Å². The van der Waals surface area contributed by atoms with Crippen LogP contribution in [0.3, 0.4) is 0 Å². The van der Waals surface area contributed by atoms with Crippen molar-refractivity contribution in [2.75, 3.05) is 25.3 Å². The molecule has 0 radical (unpaired) electrons. The molecule has 0 saturated heterocycles. The van der Waals surface area contributed by atoms with Crippen molar-refractivity contribution in [2.45, 2.75) is 52.2 Å². The molecule has 1 amide bonds. The quantitative estimate of drug-likeness (QED) is 0.296. The van der Waals surface area contributed by atoms with Gasteiger partial charge in [-0.1, -0.05) is 18.7 Å². The lowest BCUT2D eigenvalue weighted by atomic mass is 10.1. The van der Waals surface area contributed by atoms with Crippen LogP contribution in [0, 0.1) is 13.8 Å². The van der Waals surface area contributed by atoms with Crippen LogP contribution < -0.4 is 5.32 Å². The van der Waals surface area contributed by atoms with Crippen molar-refractivity contribution in [1.29, 1.82) is 0 Å². The van der Waals surface area contributed by atoms with Crippen LogP contribution in [0.2, 0.25) is 0 Å². The summed E-state index contributed by atoms with van der Waals surface area (Å²) in [5.41, 5.74) is 2.87. The predicted molar refractivity (Wildman–Crippen MR) is 139 cm³/mol. The molecule has 0 unspecified atom stereocenters. The van der Waals surface area contributed by atoms with Crippen molar-refractivity contribution >= 4 is 57.3 Å². The Bertz CT molecular complexity index is 1260. The number of methoxy groups -OCH3 is 2. The number of anilines is 1. The van der Waals surface area contributed by atoms with Crippen LogP contribution in [0.15, 0.2) is 10.5 Å². The molecule has 3 aromatic rings. The highest BCUT2D eigenvalue weighted by Gasteiger charge is 2.27. The lowest BCUT2D eigenvalue weighted by molar-refractivity contribution is -0.113. The minimum absolute atomic E-state index is 0.0409. The Balaban J connectivity index is 1.83. The molecular formula is C23H28N4O5S3. The van der Waals surface area contributed by atoms with E-state index in [1.54, 1.807) is 18.3 Å². The monoisotopic (exact) mass is 536 g/mol. The van der Waals surface area contributed by atoms with Crippen LogP contribution in [-0.2, 0) is 20.7 Å². The zero-order chi connectivity index (χ0) is 25.9. The third-order valence-corrected chi connectivity index (χ3v) is 8.46. The van der Waals surface area contributed by atoms with Crippen molar-refractivity contribution in [3.63, 3.8) is 0 Å². The Kier molecular flexibility index (Phi) is 8.73. The molecule has 188 valence electrons. The van der Waals surface area contributed by atoms with Gasteiger partial charge < -0.3 is 14.8 Å². The number of aryl methyl sites for hydroxylation is 1. The van der Waals surface area contributed by atoms with Gasteiger partial charge in [-0.05, 0) is 45.2 Å². The van der Waals surface area contributed by atoms with Gasteiger partial charge in [0.2, 0.25) is 5.91 Å². The summed E-state index contributed by atoms with van der Waals surface area (Å²) in [6.45, 7) is 9.93. The summed E-state index contributed by atoms with van der Waals surface area (Å²) in [5.74, 6) is -0.745. The molecule has 0 aliphatic heterocycles. The minimum Gasteiger partial charge on any atom is -0.465 e. The van der Waals surface area contributed by atoms with Crippen LogP contribution in [0.4, 0.5) is 5.00 Å². The number of hydrogen-bond acceptors (Lipinski definition) is 10. The molecule has 0 aliphatic carbocycles. The van der Waals surface area contributed by atoms with Gasteiger partial charge in [-0.3, -0.25) is 9.36 Å². The molecule has 1 N–H and O–H groups in total. The average molecular weight is 537 g/mol. The fraction of sp³-hybridized carbons (Fsp3) is 0.435. The first kappa shape index (κ1) is 26.9. The third-order valence-electron chi connectivity index (χ3n) is 5.37. The second-order valence-corrected chi connectivity index (χ2v) is 10.9. The van der Waals surface area contributed by atoms with Crippen LogP contribution in [0.5, 0.6) is 0 Å². The Labute approximate surface area is 216 Å². The predicted octanol–water partition coefficient (Wildman–Crippen LogP) is 5.13. The van der Waals surface area contributed by atoms with Crippen LogP contribution in [0.25, 0.3) is 11.4 Å². The topological polar surface area (TPSA) is 112 Å².